The molecule has 2 fully saturated rings. The number of pyridine rings is 1. The van der Waals surface area contributed by atoms with Crippen LogP contribution in [0.15, 0.2) is 24.4 Å². The van der Waals surface area contributed by atoms with E-state index in [-0.39, 0.29) is 18.2 Å². The fourth-order valence-corrected chi connectivity index (χ4v) is 3.03. The first-order valence-electron chi connectivity index (χ1n) is 7.62. The molecule has 0 aliphatic carbocycles. The molecule has 3 heterocycles. The third-order valence-electron chi connectivity index (χ3n) is 4.17. The Hall–Kier alpha value is -1.82. The number of hydrogen-bond donors (Lipinski definition) is 2. The van der Waals surface area contributed by atoms with Crippen molar-refractivity contribution in [1.82, 2.24) is 15.2 Å². The lowest BCUT2D eigenvalue weighted by Crippen LogP contribution is -2.50. The van der Waals surface area contributed by atoms with Crippen molar-refractivity contribution in [2.75, 3.05) is 31.1 Å². The molecule has 6 heteroatoms. The second-order valence-corrected chi connectivity index (χ2v) is 5.81. The molecule has 2 amide bonds. The molecule has 1 aromatic heterocycles. The number of nitrogens with one attached hydrogen (secondary N) is 1. The maximum Gasteiger partial charge on any atom is 0.317 e. The predicted octanol–water partition coefficient (Wildman–Crippen LogP) is 0.827. The topological polar surface area (TPSA) is 68.7 Å². The lowest BCUT2D eigenvalue weighted by Gasteiger charge is -2.31. The van der Waals surface area contributed by atoms with Crippen molar-refractivity contribution in [2.24, 2.45) is 0 Å². The maximum atomic E-state index is 12.2. The molecule has 2 unspecified atom stereocenters. The summed E-state index contributed by atoms with van der Waals surface area (Å²) >= 11 is 0. The van der Waals surface area contributed by atoms with Crippen LogP contribution in [0.25, 0.3) is 0 Å². The Balaban J connectivity index is 1.51. The van der Waals surface area contributed by atoms with Gasteiger partial charge < -0.3 is 20.2 Å². The molecule has 1 aromatic rings. The van der Waals surface area contributed by atoms with Crippen molar-refractivity contribution in [3.63, 3.8) is 0 Å². The van der Waals surface area contributed by atoms with Crippen LogP contribution in [0.2, 0.25) is 0 Å². The summed E-state index contributed by atoms with van der Waals surface area (Å²) in [6.07, 6.45) is 4.01. The van der Waals surface area contributed by atoms with Gasteiger partial charge in [-0.05, 0) is 31.4 Å². The predicted molar refractivity (Wildman–Crippen MR) is 80.2 cm³/mol. The number of aliphatic hydroxyl groups excluding tert-OH is 1. The Labute approximate surface area is 124 Å². The van der Waals surface area contributed by atoms with Gasteiger partial charge >= 0.3 is 6.03 Å². The number of rotatable bonds is 2. The summed E-state index contributed by atoms with van der Waals surface area (Å²) in [6.45, 7) is 2.88. The van der Waals surface area contributed by atoms with Crippen LogP contribution in [0, 0.1) is 0 Å². The van der Waals surface area contributed by atoms with Gasteiger partial charge in [0.05, 0.1) is 6.10 Å². The molecule has 6 nitrogen and oxygen atoms in total. The highest BCUT2D eigenvalue weighted by Gasteiger charge is 2.28. The number of carbonyl (C=O) groups is 1. The van der Waals surface area contributed by atoms with Crippen LogP contribution < -0.4 is 10.2 Å². The van der Waals surface area contributed by atoms with E-state index in [1.807, 2.05) is 18.2 Å². The highest BCUT2D eigenvalue weighted by atomic mass is 16.3. The van der Waals surface area contributed by atoms with Crippen LogP contribution >= 0.6 is 0 Å². The van der Waals surface area contributed by atoms with Gasteiger partial charge in [0.15, 0.2) is 0 Å². The Morgan fingerprint density at radius 2 is 2.19 bits per heavy atom. The number of aromatic nitrogens is 1. The van der Waals surface area contributed by atoms with Gasteiger partial charge in [0.1, 0.15) is 5.82 Å². The Morgan fingerprint density at radius 1 is 1.29 bits per heavy atom. The molecule has 0 saturated carbocycles. The Bertz CT molecular complexity index is 482. The summed E-state index contributed by atoms with van der Waals surface area (Å²) in [4.78, 5) is 20.5. The average molecular weight is 290 g/mol. The van der Waals surface area contributed by atoms with Gasteiger partial charge in [-0.2, -0.15) is 0 Å². The van der Waals surface area contributed by atoms with Crippen molar-refractivity contribution in [2.45, 2.75) is 31.4 Å². The first-order chi connectivity index (χ1) is 10.2. The van der Waals surface area contributed by atoms with Crippen LogP contribution in [-0.2, 0) is 0 Å². The van der Waals surface area contributed by atoms with E-state index >= 15 is 0 Å². The van der Waals surface area contributed by atoms with Gasteiger partial charge in [-0.1, -0.05) is 6.07 Å². The van der Waals surface area contributed by atoms with Crippen LogP contribution in [-0.4, -0.2) is 59.3 Å². The molecular formula is C15H22N4O2. The first kappa shape index (κ1) is 14.1. The van der Waals surface area contributed by atoms with Crippen LogP contribution in [0.5, 0.6) is 0 Å². The summed E-state index contributed by atoms with van der Waals surface area (Å²) in [6, 6.07) is 5.97. The molecule has 0 aromatic carbocycles. The van der Waals surface area contributed by atoms with Gasteiger partial charge in [-0.3, -0.25) is 0 Å². The lowest BCUT2D eigenvalue weighted by molar-refractivity contribution is 0.0835. The highest BCUT2D eigenvalue weighted by molar-refractivity contribution is 5.74. The molecule has 21 heavy (non-hydrogen) atoms. The van der Waals surface area contributed by atoms with E-state index in [1.54, 1.807) is 11.1 Å². The number of aliphatic hydroxyl groups is 1. The molecule has 2 N–H and O–H groups in total. The van der Waals surface area contributed by atoms with Gasteiger partial charge in [-0.15, -0.1) is 0 Å². The van der Waals surface area contributed by atoms with E-state index in [2.05, 4.69) is 15.2 Å². The van der Waals surface area contributed by atoms with Crippen molar-refractivity contribution < 1.29 is 9.90 Å². The molecule has 0 radical (unpaired) electrons. The molecule has 2 aliphatic rings. The second kappa shape index (κ2) is 6.30. The van der Waals surface area contributed by atoms with Gasteiger partial charge in [-0.25, -0.2) is 9.78 Å². The quantitative estimate of drug-likeness (QED) is 0.846. The number of carbonyl (C=O) groups excluding carboxylic acids is 1. The van der Waals surface area contributed by atoms with Crippen LogP contribution in [0.3, 0.4) is 0 Å². The molecule has 2 atom stereocenters. The Kier molecular flexibility index (Phi) is 4.24. The van der Waals surface area contributed by atoms with E-state index in [1.165, 1.54) is 0 Å². The zero-order valence-corrected chi connectivity index (χ0v) is 12.1. The number of anilines is 1. The summed E-state index contributed by atoms with van der Waals surface area (Å²) < 4.78 is 0. The Morgan fingerprint density at radius 3 is 2.95 bits per heavy atom. The summed E-state index contributed by atoms with van der Waals surface area (Å²) in [5, 5.41) is 12.7. The monoisotopic (exact) mass is 290 g/mol. The fraction of sp³-hybridized carbons (Fsp3) is 0.600. The molecule has 0 bridgehead atoms. The standard InChI is InChI=1S/C15H22N4O2/c20-13-4-3-8-19(11-13)15(21)17-12-6-9-18(10-12)14-5-1-2-7-16-14/h1-2,5,7,12-13,20H,3-4,6,8-11H2,(H,17,21). The fourth-order valence-electron chi connectivity index (χ4n) is 3.03. The van der Waals surface area contributed by atoms with Gasteiger partial charge in [0, 0.05) is 38.4 Å². The molecule has 0 spiro atoms. The molecule has 3 rings (SSSR count). The zero-order valence-electron chi connectivity index (χ0n) is 12.1. The van der Waals surface area contributed by atoms with Crippen molar-refractivity contribution in [1.29, 1.82) is 0 Å². The smallest absolute Gasteiger partial charge is 0.317 e. The minimum atomic E-state index is -0.377. The number of urea groups is 1. The lowest BCUT2D eigenvalue weighted by atomic mass is 10.1. The summed E-state index contributed by atoms with van der Waals surface area (Å²) in [5.41, 5.74) is 0. The largest absolute Gasteiger partial charge is 0.391 e. The zero-order chi connectivity index (χ0) is 14.7. The van der Waals surface area contributed by atoms with Crippen molar-refractivity contribution in [3.8, 4) is 0 Å². The van der Waals surface area contributed by atoms with E-state index in [0.29, 0.717) is 6.54 Å². The molecular weight excluding hydrogens is 268 g/mol. The van der Waals surface area contributed by atoms with E-state index < -0.39 is 0 Å². The molecule has 2 aliphatic heterocycles. The summed E-state index contributed by atoms with van der Waals surface area (Å²) in [5.74, 6) is 0.961. The normalized spacial score (nSPS) is 26.0. The number of piperidine rings is 1. The average Bonchev–Trinajstić information content (AvgIpc) is 2.97. The third-order valence-corrected chi connectivity index (χ3v) is 4.17. The number of β-amino-alcohol motifs (C(OH)–C–C–N with tert-alkyl or cyclic N) is 1. The number of amides is 2. The second-order valence-electron chi connectivity index (χ2n) is 5.81. The van der Waals surface area contributed by atoms with Crippen LogP contribution in [0.4, 0.5) is 10.6 Å². The maximum absolute atomic E-state index is 12.2. The van der Waals surface area contributed by atoms with E-state index in [0.717, 1.165) is 44.7 Å². The number of hydrogen-bond acceptors (Lipinski definition) is 4. The minimum Gasteiger partial charge on any atom is -0.391 e. The summed E-state index contributed by atoms with van der Waals surface area (Å²) in [7, 11) is 0. The van der Waals surface area contributed by atoms with Crippen molar-refractivity contribution >= 4 is 11.8 Å². The SMILES string of the molecule is O=C(NC1CCN(c2ccccn2)C1)N1CCCC(O)C1. The van der Waals surface area contributed by atoms with Gasteiger partial charge in [0.25, 0.3) is 0 Å². The highest BCUT2D eigenvalue weighted by Crippen LogP contribution is 2.18. The minimum absolute atomic E-state index is 0.0541. The third kappa shape index (κ3) is 3.44. The molecule has 114 valence electrons. The van der Waals surface area contributed by atoms with E-state index in [9.17, 15) is 9.90 Å². The first-order valence-corrected chi connectivity index (χ1v) is 7.62. The van der Waals surface area contributed by atoms with Gasteiger partial charge in [0.2, 0.25) is 0 Å². The number of nitrogens with zero attached hydrogens (tertiary/aromatic N) is 3. The van der Waals surface area contributed by atoms with E-state index in [4.69, 9.17) is 0 Å². The number of likely N-dealkylation sites (tertiary alicyclic amines) is 1. The van der Waals surface area contributed by atoms with Crippen LogP contribution in [0.1, 0.15) is 19.3 Å². The van der Waals surface area contributed by atoms with Crippen molar-refractivity contribution in [3.05, 3.63) is 24.4 Å². The molecule has 2 saturated heterocycles.